The van der Waals surface area contributed by atoms with Gasteiger partial charge in [0.15, 0.2) is 0 Å². The van der Waals surface area contributed by atoms with Gasteiger partial charge in [0.25, 0.3) is 11.4 Å². The second-order valence-electron chi connectivity index (χ2n) is 6.01. The van der Waals surface area contributed by atoms with Crippen molar-refractivity contribution in [3.05, 3.63) is 46.3 Å². The molecule has 0 unspecified atom stereocenters. The van der Waals surface area contributed by atoms with Crippen molar-refractivity contribution in [3.8, 4) is 17.0 Å². The largest absolute Gasteiger partial charge is 0.494 e. The van der Waals surface area contributed by atoms with Crippen molar-refractivity contribution in [2.24, 2.45) is 0 Å². The molecule has 1 heterocycles. The minimum atomic E-state index is 0.509. The Labute approximate surface area is 135 Å². The Morgan fingerprint density at radius 1 is 1.22 bits per heavy atom. The molecular weight excluding hydrogens is 292 g/mol. The Balaban J connectivity index is 2.06. The molecule has 1 aromatic heterocycles. The van der Waals surface area contributed by atoms with Crippen molar-refractivity contribution in [3.63, 3.8) is 0 Å². The van der Waals surface area contributed by atoms with Gasteiger partial charge < -0.3 is 9.94 Å². The zero-order valence-electron chi connectivity index (χ0n) is 13.7. The van der Waals surface area contributed by atoms with E-state index in [1.54, 1.807) is 6.92 Å². The van der Waals surface area contributed by atoms with E-state index in [-0.39, 0.29) is 0 Å². The summed E-state index contributed by atoms with van der Waals surface area (Å²) in [4.78, 5) is 12.8. The Morgan fingerprint density at radius 2 is 1.91 bits per heavy atom. The van der Waals surface area contributed by atoms with Crippen LogP contribution in [0.2, 0.25) is 0 Å². The molecule has 0 saturated heterocycles. The van der Waals surface area contributed by atoms with Gasteiger partial charge in [-0.05, 0) is 56.9 Å². The van der Waals surface area contributed by atoms with Gasteiger partial charge in [0.05, 0.1) is 16.6 Å². The minimum Gasteiger partial charge on any atom is -0.494 e. The second-order valence-corrected chi connectivity index (χ2v) is 6.01. The van der Waals surface area contributed by atoms with Crippen LogP contribution in [0.25, 0.3) is 11.3 Å². The van der Waals surface area contributed by atoms with Crippen LogP contribution in [0, 0.1) is 11.8 Å². The van der Waals surface area contributed by atoms with Crippen molar-refractivity contribution in [2.45, 2.75) is 46.0 Å². The topological polar surface area (TPSA) is 57.4 Å². The predicted molar refractivity (Wildman–Crippen MR) is 87.6 cm³/mol. The molecule has 0 fully saturated rings. The highest BCUT2D eigenvalue weighted by Gasteiger charge is 2.30. The van der Waals surface area contributed by atoms with Gasteiger partial charge in [-0.25, -0.2) is 0 Å². The number of benzene rings is 1. The van der Waals surface area contributed by atoms with Gasteiger partial charge in [-0.2, -0.15) is 4.73 Å². The molecule has 0 amide bonds. The molecule has 0 spiro atoms. The van der Waals surface area contributed by atoms with Crippen LogP contribution in [0.5, 0.6) is 5.75 Å². The summed E-state index contributed by atoms with van der Waals surface area (Å²) in [7, 11) is 0. The fraction of sp³-hybridized carbons (Fsp3) is 0.444. The summed E-state index contributed by atoms with van der Waals surface area (Å²) in [5.74, 6) is 0.792. The summed E-state index contributed by atoms with van der Waals surface area (Å²) in [6, 6.07) is 7.48. The number of nitrogens with zero attached hydrogens (tertiary/aromatic N) is 2. The molecule has 3 rings (SSSR count). The zero-order chi connectivity index (χ0) is 16.4. The van der Waals surface area contributed by atoms with E-state index in [0.717, 1.165) is 47.1 Å². The first-order valence-electron chi connectivity index (χ1n) is 8.26. The average molecular weight is 315 g/mol. The lowest BCUT2D eigenvalue weighted by Crippen LogP contribution is -2.33. The van der Waals surface area contributed by atoms with Crippen LogP contribution in [0.3, 0.4) is 0 Å². The first-order valence-corrected chi connectivity index (χ1v) is 8.26. The normalized spacial score (nSPS) is 13.7. The molecular formula is C18H23N2O3+. The van der Waals surface area contributed by atoms with Crippen LogP contribution in [-0.4, -0.2) is 16.5 Å². The van der Waals surface area contributed by atoms with E-state index in [1.807, 2.05) is 24.3 Å². The summed E-state index contributed by atoms with van der Waals surface area (Å²) in [5, 5.41) is 10.4. The van der Waals surface area contributed by atoms with Crippen molar-refractivity contribution in [1.29, 1.82) is 0 Å². The fourth-order valence-electron chi connectivity index (χ4n) is 3.16. The molecule has 0 radical (unpaired) electrons. The van der Waals surface area contributed by atoms with Crippen molar-refractivity contribution >= 4 is 0 Å². The van der Waals surface area contributed by atoms with E-state index in [2.05, 4.69) is 6.92 Å². The molecule has 5 nitrogen and oxygen atoms in total. The molecule has 23 heavy (non-hydrogen) atoms. The van der Waals surface area contributed by atoms with Gasteiger partial charge in [-0.3, -0.25) is 0 Å². The smallest absolute Gasteiger partial charge is 0.292 e. The van der Waals surface area contributed by atoms with Crippen LogP contribution in [0.15, 0.2) is 24.3 Å². The highest BCUT2D eigenvalue weighted by Crippen LogP contribution is 2.26. The lowest BCUT2D eigenvalue weighted by molar-refractivity contribution is -0.496. The van der Waals surface area contributed by atoms with Gasteiger partial charge in [0, 0.05) is 11.3 Å². The standard InChI is InChI=1S/C18H23N2O3/c1-3-12-23-15-10-8-14(9-11-15)18-13(2)19(21)16-6-4-5-7-17(16)20(18)22/h8-11,21H,3-7,12H2,1-2H3/q+1. The third kappa shape index (κ3) is 2.83. The van der Waals surface area contributed by atoms with Gasteiger partial charge in [0.1, 0.15) is 17.1 Å². The monoisotopic (exact) mass is 315 g/mol. The summed E-state index contributed by atoms with van der Waals surface area (Å²) in [6.07, 6.45) is 4.41. The Hall–Kier alpha value is -2.30. The summed E-state index contributed by atoms with van der Waals surface area (Å²) in [6.45, 7) is 4.51. The molecule has 1 aromatic carbocycles. The summed E-state index contributed by atoms with van der Waals surface area (Å²) in [5.41, 5.74) is 3.30. The number of aromatic nitrogens is 2. The van der Waals surface area contributed by atoms with Crippen LogP contribution in [0.1, 0.15) is 43.3 Å². The molecule has 122 valence electrons. The third-order valence-electron chi connectivity index (χ3n) is 4.38. The van der Waals surface area contributed by atoms with E-state index in [4.69, 9.17) is 4.74 Å². The number of hydrogen-bond acceptors (Lipinski definition) is 3. The number of hydrogen-bond donors (Lipinski definition) is 1. The maximum atomic E-state index is 12.8. The maximum absolute atomic E-state index is 12.8. The maximum Gasteiger partial charge on any atom is 0.292 e. The van der Waals surface area contributed by atoms with Crippen LogP contribution < -0.4 is 9.16 Å². The molecule has 5 heteroatoms. The van der Waals surface area contributed by atoms with Gasteiger partial charge in [0.2, 0.25) is 0 Å². The van der Waals surface area contributed by atoms with Gasteiger partial charge in [-0.15, -0.1) is 0 Å². The molecule has 0 atom stereocenters. The lowest BCUT2D eigenvalue weighted by atomic mass is 9.99. The number of ether oxygens (including phenoxy) is 1. The number of fused-ring (bicyclic) bond motifs is 1. The fourth-order valence-corrected chi connectivity index (χ4v) is 3.16. The van der Waals surface area contributed by atoms with E-state index in [0.29, 0.717) is 30.1 Å². The summed E-state index contributed by atoms with van der Waals surface area (Å²) < 4.78 is 7.77. The summed E-state index contributed by atoms with van der Waals surface area (Å²) >= 11 is 0. The van der Waals surface area contributed by atoms with Gasteiger partial charge >= 0.3 is 0 Å². The van der Waals surface area contributed by atoms with Gasteiger partial charge in [-0.1, -0.05) is 6.92 Å². The minimum absolute atomic E-state index is 0.509. The van der Waals surface area contributed by atoms with E-state index in [1.165, 1.54) is 4.73 Å². The number of rotatable bonds is 4. The highest BCUT2D eigenvalue weighted by molar-refractivity contribution is 5.59. The SMILES string of the molecule is CCCOc1ccc(-c2c(C)n(O)c3c([n+]2=O)CCCC3)cc1. The molecule has 0 aliphatic heterocycles. The first-order chi connectivity index (χ1) is 11.1. The molecule has 1 aliphatic rings. The van der Waals surface area contributed by atoms with Crippen molar-refractivity contribution in [1.82, 2.24) is 4.73 Å². The predicted octanol–water partition coefficient (Wildman–Crippen LogP) is 3.28. The van der Waals surface area contributed by atoms with E-state index < -0.39 is 0 Å². The van der Waals surface area contributed by atoms with E-state index >= 15 is 0 Å². The first kappa shape index (κ1) is 15.6. The average Bonchev–Trinajstić information content (AvgIpc) is 2.59. The van der Waals surface area contributed by atoms with E-state index in [9.17, 15) is 10.1 Å². The highest BCUT2D eigenvalue weighted by atomic mass is 16.5. The van der Waals surface area contributed by atoms with Crippen LogP contribution >= 0.6 is 0 Å². The van der Waals surface area contributed by atoms with Crippen LogP contribution in [-0.2, 0) is 12.8 Å². The quantitative estimate of drug-likeness (QED) is 0.696. The van der Waals surface area contributed by atoms with Crippen LogP contribution in [0.4, 0.5) is 0 Å². The molecule has 2 aromatic rings. The Kier molecular flexibility index (Phi) is 4.37. The molecule has 1 N–H and O–H groups in total. The lowest BCUT2D eigenvalue weighted by Gasteiger charge is -2.15. The van der Waals surface area contributed by atoms with Crippen molar-refractivity contribution in [2.75, 3.05) is 6.61 Å². The zero-order valence-corrected chi connectivity index (χ0v) is 13.7. The molecule has 1 aliphatic carbocycles. The third-order valence-corrected chi connectivity index (χ3v) is 4.38. The Bertz CT molecular complexity index is 763. The second kappa shape index (κ2) is 6.44. The van der Waals surface area contributed by atoms with Crippen molar-refractivity contribution < 1.29 is 14.4 Å². The molecule has 0 bridgehead atoms. The molecule has 0 saturated carbocycles. The Morgan fingerprint density at radius 3 is 2.61 bits per heavy atom.